The molecule has 0 bridgehead atoms. The predicted molar refractivity (Wildman–Crippen MR) is 85.1 cm³/mol. The fourth-order valence-corrected chi connectivity index (χ4v) is 2.29. The van der Waals surface area contributed by atoms with Crippen LogP contribution in [-0.2, 0) is 0 Å². The van der Waals surface area contributed by atoms with Crippen molar-refractivity contribution in [3.05, 3.63) is 47.7 Å². The number of carbonyl (C=O) groups excluding carboxylic acids is 1. The van der Waals surface area contributed by atoms with Gasteiger partial charge in [-0.3, -0.25) is 4.79 Å². The van der Waals surface area contributed by atoms with Crippen molar-refractivity contribution >= 4 is 20.0 Å². The summed E-state index contributed by atoms with van der Waals surface area (Å²) in [6.07, 6.45) is 1.66. The van der Waals surface area contributed by atoms with Crippen molar-refractivity contribution in [2.24, 2.45) is 0 Å². The van der Waals surface area contributed by atoms with Gasteiger partial charge in [-0.1, -0.05) is 18.2 Å². The molecule has 1 heterocycles. The van der Waals surface area contributed by atoms with Crippen LogP contribution >= 0.6 is 0 Å². The van der Waals surface area contributed by atoms with Gasteiger partial charge in [0.05, 0.1) is 0 Å². The van der Waals surface area contributed by atoms with Gasteiger partial charge in [0.15, 0.2) is 0 Å². The van der Waals surface area contributed by atoms with E-state index in [0.29, 0.717) is 17.4 Å². The lowest BCUT2D eigenvalue weighted by Crippen LogP contribution is -2.30. The van der Waals surface area contributed by atoms with Gasteiger partial charge < -0.3 is 9.74 Å². The van der Waals surface area contributed by atoms with E-state index in [4.69, 9.17) is 4.43 Å². The molecule has 1 aromatic carbocycles. The van der Waals surface area contributed by atoms with Gasteiger partial charge in [-0.2, -0.15) is 4.98 Å². The van der Waals surface area contributed by atoms with Gasteiger partial charge in [-0.15, -0.1) is 0 Å². The van der Waals surface area contributed by atoms with E-state index in [0.717, 1.165) is 5.56 Å². The largest absolute Gasteiger partial charge is 0.518 e. The summed E-state index contributed by atoms with van der Waals surface area (Å²) in [5, 5.41) is 2.80. The second-order valence-electron chi connectivity index (χ2n) is 5.72. The SMILES string of the molecule is Cc1cnc(O[Si](C)(C)C)nc1NC(=O)c1ccccc1. The second kappa shape index (κ2) is 6.05. The van der Waals surface area contributed by atoms with Crippen LogP contribution in [0.25, 0.3) is 0 Å². The molecule has 0 fully saturated rings. The monoisotopic (exact) mass is 301 g/mol. The number of rotatable bonds is 4. The molecule has 0 aliphatic rings. The molecule has 21 heavy (non-hydrogen) atoms. The Hall–Kier alpha value is -2.21. The molecule has 6 heteroatoms. The number of nitrogens with one attached hydrogen (secondary N) is 1. The fraction of sp³-hybridized carbons (Fsp3) is 0.267. The normalized spacial score (nSPS) is 11.0. The van der Waals surface area contributed by atoms with E-state index in [1.54, 1.807) is 18.3 Å². The van der Waals surface area contributed by atoms with Crippen LogP contribution in [0.3, 0.4) is 0 Å². The van der Waals surface area contributed by atoms with E-state index in [-0.39, 0.29) is 5.91 Å². The maximum atomic E-state index is 12.2. The van der Waals surface area contributed by atoms with Crippen LogP contribution in [0.15, 0.2) is 36.5 Å². The molecule has 1 amide bonds. The molecule has 2 aromatic rings. The van der Waals surface area contributed by atoms with Gasteiger partial charge in [-0.25, -0.2) is 4.98 Å². The third kappa shape index (κ3) is 4.39. The number of aryl methyl sites for hydroxylation is 1. The van der Waals surface area contributed by atoms with Crippen LogP contribution in [0.2, 0.25) is 19.6 Å². The average molecular weight is 301 g/mol. The average Bonchev–Trinajstić information content (AvgIpc) is 2.42. The molecule has 110 valence electrons. The highest BCUT2D eigenvalue weighted by atomic mass is 28.4. The first-order valence-corrected chi connectivity index (χ1v) is 10.1. The molecule has 2 rings (SSSR count). The third-order valence-corrected chi connectivity index (χ3v) is 3.41. The Labute approximate surface area is 125 Å². The summed E-state index contributed by atoms with van der Waals surface area (Å²) < 4.78 is 5.75. The molecule has 0 aliphatic heterocycles. The van der Waals surface area contributed by atoms with E-state index < -0.39 is 8.32 Å². The van der Waals surface area contributed by atoms with E-state index in [9.17, 15) is 4.79 Å². The second-order valence-corrected chi connectivity index (χ2v) is 10.1. The quantitative estimate of drug-likeness (QED) is 0.880. The molecule has 0 unspecified atom stereocenters. The third-order valence-electron chi connectivity index (χ3n) is 2.61. The maximum Gasteiger partial charge on any atom is 0.304 e. The Morgan fingerprint density at radius 3 is 2.48 bits per heavy atom. The molecule has 1 N–H and O–H groups in total. The standard InChI is InChI=1S/C15H19N3O2Si/c1-11-10-16-15(20-21(2,3)4)18-13(11)17-14(19)12-8-6-5-7-9-12/h5-10H,1-4H3,(H,16,17,18,19). The molecule has 0 atom stereocenters. The lowest BCUT2D eigenvalue weighted by molar-refractivity contribution is 0.102. The predicted octanol–water partition coefficient (Wildman–Crippen LogP) is 3.25. The van der Waals surface area contributed by atoms with Crippen molar-refractivity contribution in [3.8, 4) is 6.01 Å². The number of carbonyl (C=O) groups is 1. The molecule has 0 saturated heterocycles. The number of amides is 1. The number of nitrogens with zero attached hydrogens (tertiary/aromatic N) is 2. The first-order valence-electron chi connectivity index (χ1n) is 6.74. The minimum absolute atomic E-state index is 0.198. The van der Waals surface area contributed by atoms with Crippen molar-refractivity contribution in [3.63, 3.8) is 0 Å². The van der Waals surface area contributed by atoms with Crippen LogP contribution < -0.4 is 9.74 Å². The molecule has 1 aromatic heterocycles. The zero-order valence-electron chi connectivity index (χ0n) is 12.7. The van der Waals surface area contributed by atoms with Crippen molar-refractivity contribution in [2.45, 2.75) is 26.6 Å². The van der Waals surface area contributed by atoms with Crippen LogP contribution in [0.5, 0.6) is 6.01 Å². The summed E-state index contributed by atoms with van der Waals surface area (Å²) >= 11 is 0. The molecule has 0 aliphatic carbocycles. The smallest absolute Gasteiger partial charge is 0.304 e. The lowest BCUT2D eigenvalue weighted by Gasteiger charge is -2.18. The molecular weight excluding hydrogens is 282 g/mol. The first-order chi connectivity index (χ1) is 9.85. The van der Waals surface area contributed by atoms with Gasteiger partial charge in [0.25, 0.3) is 5.91 Å². The highest BCUT2D eigenvalue weighted by molar-refractivity contribution is 6.70. The van der Waals surface area contributed by atoms with Gasteiger partial charge >= 0.3 is 6.01 Å². The number of benzene rings is 1. The summed E-state index contributed by atoms with van der Waals surface area (Å²) in [5.74, 6) is 0.281. The van der Waals surface area contributed by atoms with E-state index in [2.05, 4.69) is 34.9 Å². The van der Waals surface area contributed by atoms with Gasteiger partial charge in [-0.05, 0) is 38.7 Å². The molecule has 0 saturated carbocycles. The number of anilines is 1. The molecular formula is C15H19N3O2Si. The number of aromatic nitrogens is 2. The summed E-state index contributed by atoms with van der Waals surface area (Å²) in [7, 11) is -1.78. The molecule has 0 radical (unpaired) electrons. The van der Waals surface area contributed by atoms with Crippen molar-refractivity contribution < 1.29 is 9.22 Å². The van der Waals surface area contributed by atoms with E-state index >= 15 is 0 Å². The lowest BCUT2D eigenvalue weighted by atomic mass is 10.2. The minimum atomic E-state index is -1.78. The summed E-state index contributed by atoms with van der Waals surface area (Å²) in [4.78, 5) is 20.6. The van der Waals surface area contributed by atoms with Gasteiger partial charge in [0.2, 0.25) is 8.32 Å². The van der Waals surface area contributed by atoms with E-state index in [1.807, 2.05) is 25.1 Å². The molecule has 0 spiro atoms. The number of hydrogen-bond donors (Lipinski definition) is 1. The first kappa shape index (κ1) is 15.2. The Bertz CT molecular complexity index is 639. The summed E-state index contributed by atoms with van der Waals surface area (Å²) in [5.41, 5.74) is 1.38. The molecule has 5 nitrogen and oxygen atoms in total. The Morgan fingerprint density at radius 2 is 1.86 bits per heavy atom. The van der Waals surface area contributed by atoms with E-state index in [1.165, 1.54) is 0 Å². The van der Waals surface area contributed by atoms with Gasteiger partial charge in [0, 0.05) is 17.3 Å². The zero-order chi connectivity index (χ0) is 15.5. The summed E-state index contributed by atoms with van der Waals surface area (Å²) in [6, 6.07) is 9.33. The van der Waals surface area contributed by atoms with Crippen LogP contribution in [0.4, 0.5) is 5.82 Å². The Kier molecular flexibility index (Phi) is 4.37. The maximum absolute atomic E-state index is 12.2. The minimum Gasteiger partial charge on any atom is -0.518 e. The van der Waals surface area contributed by atoms with Crippen molar-refractivity contribution in [1.82, 2.24) is 9.97 Å². The highest BCUT2D eigenvalue weighted by Gasteiger charge is 2.19. The Balaban J connectivity index is 2.20. The fourth-order valence-electron chi connectivity index (χ4n) is 1.64. The van der Waals surface area contributed by atoms with Crippen LogP contribution in [0, 0.1) is 6.92 Å². The van der Waals surface area contributed by atoms with Crippen LogP contribution in [0.1, 0.15) is 15.9 Å². The Morgan fingerprint density at radius 1 is 1.19 bits per heavy atom. The summed E-state index contributed by atoms with van der Waals surface area (Å²) in [6.45, 7) is 8.01. The number of hydrogen-bond acceptors (Lipinski definition) is 4. The van der Waals surface area contributed by atoms with Crippen molar-refractivity contribution in [1.29, 1.82) is 0 Å². The van der Waals surface area contributed by atoms with Crippen LogP contribution in [-0.4, -0.2) is 24.2 Å². The zero-order valence-corrected chi connectivity index (χ0v) is 13.7. The highest BCUT2D eigenvalue weighted by Crippen LogP contribution is 2.17. The topological polar surface area (TPSA) is 64.1 Å². The van der Waals surface area contributed by atoms with Crippen molar-refractivity contribution in [2.75, 3.05) is 5.32 Å². The van der Waals surface area contributed by atoms with Gasteiger partial charge in [0.1, 0.15) is 5.82 Å².